The lowest BCUT2D eigenvalue weighted by atomic mass is 9.70. The molecule has 7 heteroatoms. The minimum atomic E-state index is -1.75. The van der Waals surface area contributed by atoms with E-state index in [0.29, 0.717) is 31.9 Å². The van der Waals surface area contributed by atoms with Gasteiger partial charge in [0.05, 0.1) is 25.4 Å². The first-order valence-electron chi connectivity index (χ1n) is 26.9. The molecule has 378 valence electrons. The molecule has 2 unspecified atom stereocenters. The molecule has 0 aliphatic rings. The third-order valence-corrected chi connectivity index (χ3v) is 19.3. The van der Waals surface area contributed by atoms with E-state index in [1.807, 2.05) is 50.5 Å². The van der Waals surface area contributed by atoms with Gasteiger partial charge in [-0.05, 0) is 141 Å². The van der Waals surface area contributed by atoms with Crippen LogP contribution in [0.4, 0.5) is 0 Å². The molecule has 0 fully saturated rings. The summed E-state index contributed by atoms with van der Waals surface area (Å²) in [7, 11) is 4.01. The van der Waals surface area contributed by atoms with Crippen molar-refractivity contribution in [2.45, 2.75) is 101 Å². The van der Waals surface area contributed by atoms with Crippen LogP contribution in [0, 0.1) is 0 Å². The molecule has 0 spiro atoms. The largest absolute Gasteiger partial charge is 0.481 e. The minimum absolute atomic E-state index is 0.0827. The van der Waals surface area contributed by atoms with Crippen molar-refractivity contribution in [3.63, 3.8) is 0 Å². The second-order valence-corrected chi connectivity index (χ2v) is 23.7. The van der Waals surface area contributed by atoms with E-state index in [1.165, 1.54) is 72.6 Å². The summed E-state index contributed by atoms with van der Waals surface area (Å²) in [5, 5.41) is 20.9. The van der Waals surface area contributed by atoms with Crippen molar-refractivity contribution in [3.05, 3.63) is 210 Å². The zero-order valence-electron chi connectivity index (χ0n) is 43.5. The van der Waals surface area contributed by atoms with E-state index in [-0.39, 0.29) is 5.97 Å². The first-order chi connectivity index (χ1) is 35.8. The molecule has 0 bridgehead atoms. The number of methoxy groups -OCH3 is 1. The number of aliphatic hydroxyl groups is 1. The molecule has 8 rings (SSSR count). The van der Waals surface area contributed by atoms with Gasteiger partial charge in [-0.3, -0.25) is 4.79 Å². The number of unbranched alkanes of at least 4 members (excludes halogenated alkanes) is 9. The second kappa shape index (κ2) is 26.7. The molecule has 0 aliphatic carbocycles. The molecule has 6 nitrogen and oxygen atoms in total. The number of hydrogen-bond donors (Lipinski definition) is 1. The van der Waals surface area contributed by atoms with Crippen LogP contribution in [0.5, 0.6) is 5.88 Å². The van der Waals surface area contributed by atoms with Crippen molar-refractivity contribution in [3.8, 4) is 5.88 Å². The maximum Gasteiger partial charge on any atom is 0.305 e. The van der Waals surface area contributed by atoms with Crippen molar-refractivity contribution >= 4 is 50.8 Å². The summed E-state index contributed by atoms with van der Waals surface area (Å²) in [6.45, 7) is 1.12. The normalized spacial score (nSPS) is 13.0. The van der Waals surface area contributed by atoms with Gasteiger partial charge in [-0.2, -0.15) is 0 Å². The monoisotopic (exact) mass is 992 g/mol. The van der Waals surface area contributed by atoms with Crippen LogP contribution >= 0.6 is 7.26 Å². The number of nitrogens with zero attached hydrogens (tertiary/aromatic N) is 2. The maximum absolute atomic E-state index is 13.4. The van der Waals surface area contributed by atoms with E-state index < -0.39 is 18.8 Å². The number of esters is 1. The molecule has 1 aromatic heterocycles. The molecule has 1 heterocycles. The van der Waals surface area contributed by atoms with Crippen molar-refractivity contribution in [1.82, 2.24) is 9.88 Å². The van der Waals surface area contributed by atoms with Crippen LogP contribution in [-0.4, -0.2) is 61.5 Å². The SMILES string of the molecule is COc1nc2ccc(CCCCOC(=O)CCCCCCCCCCC[P+](c3ccccc3)(c3ccccc3)c3ccccc3)cc2cc1C(c1ccccc1)C(O)(CCN(C)C)c1cccc2ccccc12. The molecule has 0 amide bonds. The van der Waals surface area contributed by atoms with Crippen LogP contribution in [-0.2, 0) is 21.6 Å². The molecule has 8 aromatic rings. The number of aryl methyl sites for hydroxylation is 1. The Kier molecular flexibility index (Phi) is 19.4. The smallest absolute Gasteiger partial charge is 0.305 e. The van der Waals surface area contributed by atoms with Gasteiger partial charge in [-0.25, -0.2) is 4.98 Å². The number of pyridine rings is 1. The Labute approximate surface area is 436 Å². The quantitative estimate of drug-likeness (QED) is 0.0299. The number of rotatable bonds is 28. The summed E-state index contributed by atoms with van der Waals surface area (Å²) in [6.07, 6.45) is 15.4. The summed E-state index contributed by atoms with van der Waals surface area (Å²) in [5.74, 6) is -0.0574. The molecule has 7 aromatic carbocycles. The number of carbonyl (C=O) groups is 1. The zero-order valence-corrected chi connectivity index (χ0v) is 44.4. The first-order valence-corrected chi connectivity index (χ1v) is 28.9. The Hall–Kier alpha value is -6.17. The topological polar surface area (TPSA) is 71.9 Å². The van der Waals surface area contributed by atoms with Gasteiger partial charge >= 0.3 is 5.97 Å². The van der Waals surface area contributed by atoms with Crippen LogP contribution in [0.3, 0.4) is 0 Å². The number of fused-ring (bicyclic) bond motifs is 2. The molecular formula is C66H76N2O4P+. The summed E-state index contributed by atoms with van der Waals surface area (Å²) >= 11 is 0. The van der Waals surface area contributed by atoms with E-state index in [0.717, 1.165) is 70.5 Å². The standard InChI is InChI=1S/C66H76N2O4P/c1-68(2)47-46-66(70,61-42-29-34-53-31-24-25-41-59(53)61)64(54-32-15-11-16-33-54)60-51-55-50-52(44-45-62(55)67-65(60)71-3)30-26-27-48-72-63(69)43-23-9-7-5-4-6-8-10-28-49-73(56-35-17-12-18-36-56,57-37-19-13-20-38-57)58-39-21-14-22-40-58/h11-22,24-25,29,31-42,44-45,50-51,64,70H,4-10,23,26-28,30,43,46-49H2,1-3H3/q+1. The zero-order chi connectivity index (χ0) is 50.7. The van der Waals surface area contributed by atoms with Gasteiger partial charge in [-0.1, -0.05) is 172 Å². The number of ether oxygens (including phenoxy) is 2. The molecule has 2 atom stereocenters. The van der Waals surface area contributed by atoms with Crippen LogP contribution in [0.15, 0.2) is 188 Å². The predicted octanol–water partition coefficient (Wildman–Crippen LogP) is 14.1. The highest BCUT2D eigenvalue weighted by Gasteiger charge is 2.45. The van der Waals surface area contributed by atoms with Crippen molar-refractivity contribution in [1.29, 1.82) is 0 Å². The molecule has 1 N–H and O–H groups in total. The minimum Gasteiger partial charge on any atom is -0.481 e. The fourth-order valence-corrected chi connectivity index (χ4v) is 15.4. The Morgan fingerprint density at radius 3 is 1.78 bits per heavy atom. The summed E-state index contributed by atoms with van der Waals surface area (Å²) < 4.78 is 11.8. The number of benzene rings is 7. The third-order valence-electron chi connectivity index (χ3n) is 14.8. The van der Waals surface area contributed by atoms with Crippen LogP contribution in [0.25, 0.3) is 21.7 Å². The van der Waals surface area contributed by atoms with Crippen molar-refractivity contribution in [2.24, 2.45) is 0 Å². The lowest BCUT2D eigenvalue weighted by Gasteiger charge is -2.39. The molecule has 73 heavy (non-hydrogen) atoms. The third kappa shape index (κ3) is 13.5. The van der Waals surface area contributed by atoms with E-state index >= 15 is 0 Å². The Balaban J connectivity index is 0.788. The molecule has 0 aliphatic heterocycles. The Morgan fingerprint density at radius 2 is 1.16 bits per heavy atom. The molecule has 0 saturated heterocycles. The van der Waals surface area contributed by atoms with Crippen LogP contribution < -0.4 is 20.7 Å². The van der Waals surface area contributed by atoms with Gasteiger partial charge in [0, 0.05) is 29.8 Å². The highest BCUT2D eigenvalue weighted by molar-refractivity contribution is 7.95. The molecule has 0 radical (unpaired) electrons. The van der Waals surface area contributed by atoms with Crippen molar-refractivity contribution < 1.29 is 19.4 Å². The fraction of sp³-hybridized carbons (Fsp3) is 0.333. The molecule has 0 saturated carbocycles. The number of carbonyl (C=O) groups excluding carboxylic acids is 1. The van der Waals surface area contributed by atoms with Crippen LogP contribution in [0.1, 0.15) is 112 Å². The van der Waals surface area contributed by atoms with E-state index in [1.54, 1.807) is 7.11 Å². The average Bonchev–Trinajstić information content (AvgIpc) is 3.43. The van der Waals surface area contributed by atoms with E-state index in [9.17, 15) is 9.90 Å². The maximum atomic E-state index is 13.4. The highest BCUT2D eigenvalue weighted by atomic mass is 31.2. The van der Waals surface area contributed by atoms with Gasteiger partial charge in [0.25, 0.3) is 0 Å². The lowest BCUT2D eigenvalue weighted by Crippen LogP contribution is -2.38. The van der Waals surface area contributed by atoms with Crippen molar-refractivity contribution in [2.75, 3.05) is 40.5 Å². The van der Waals surface area contributed by atoms with Gasteiger partial charge in [-0.15, -0.1) is 0 Å². The average molecular weight is 992 g/mol. The van der Waals surface area contributed by atoms with E-state index in [4.69, 9.17) is 14.5 Å². The summed E-state index contributed by atoms with van der Waals surface area (Å²) in [6, 6.07) is 67.1. The van der Waals surface area contributed by atoms with E-state index in [2.05, 4.69) is 157 Å². The van der Waals surface area contributed by atoms with Gasteiger partial charge < -0.3 is 19.5 Å². The van der Waals surface area contributed by atoms with Crippen LogP contribution in [0.2, 0.25) is 0 Å². The second-order valence-electron chi connectivity index (χ2n) is 20.1. The van der Waals surface area contributed by atoms with Gasteiger partial charge in [0.2, 0.25) is 5.88 Å². The Morgan fingerprint density at radius 1 is 0.603 bits per heavy atom. The summed E-state index contributed by atoms with van der Waals surface area (Å²) in [5.41, 5.74) is 3.45. The summed E-state index contributed by atoms with van der Waals surface area (Å²) in [4.78, 5) is 19.9. The number of hydrogen-bond acceptors (Lipinski definition) is 6. The van der Waals surface area contributed by atoms with Gasteiger partial charge in [0.1, 0.15) is 28.8 Å². The van der Waals surface area contributed by atoms with Gasteiger partial charge in [0.15, 0.2) is 0 Å². The fourth-order valence-electron chi connectivity index (χ4n) is 11.0. The Bertz CT molecular complexity index is 2830. The predicted molar refractivity (Wildman–Crippen MR) is 308 cm³/mol. The first kappa shape index (κ1) is 53.1. The highest BCUT2D eigenvalue weighted by Crippen LogP contribution is 2.56. The lowest BCUT2D eigenvalue weighted by molar-refractivity contribution is -0.143. The molecular weight excluding hydrogens is 916 g/mol. The number of aromatic nitrogens is 1.